The monoisotopic (exact) mass is 250 g/mol. The summed E-state index contributed by atoms with van der Waals surface area (Å²) in [7, 11) is 0. The fourth-order valence-corrected chi connectivity index (χ4v) is 1.75. The molecule has 4 nitrogen and oxygen atoms in total. The molecule has 1 aromatic carbocycles. The van der Waals surface area contributed by atoms with E-state index < -0.39 is 0 Å². The molecule has 0 unspecified atom stereocenters. The number of carbonyl (C=O) groups excluding carboxylic acids is 1. The number of ether oxygens (including phenoxy) is 1. The van der Waals surface area contributed by atoms with Crippen LogP contribution in [0.3, 0.4) is 0 Å². The van der Waals surface area contributed by atoms with Crippen molar-refractivity contribution in [3.8, 4) is 17.0 Å². The van der Waals surface area contributed by atoms with Gasteiger partial charge in [-0.3, -0.25) is 9.89 Å². The van der Waals surface area contributed by atoms with E-state index in [1.54, 1.807) is 18.2 Å². The van der Waals surface area contributed by atoms with Gasteiger partial charge in [-0.05, 0) is 25.1 Å². The van der Waals surface area contributed by atoms with Gasteiger partial charge in [0.2, 0.25) is 0 Å². The Balaban J connectivity index is 2.56. The average Bonchev–Trinajstić information content (AvgIpc) is 2.79. The Bertz CT molecular complexity index is 537. The fraction of sp³-hybridized carbons (Fsp3) is 0.167. The van der Waals surface area contributed by atoms with E-state index in [9.17, 15) is 4.79 Å². The number of halogens is 1. The van der Waals surface area contributed by atoms with Gasteiger partial charge in [-0.15, -0.1) is 0 Å². The van der Waals surface area contributed by atoms with Crippen LogP contribution in [-0.2, 0) is 0 Å². The van der Waals surface area contributed by atoms with Crippen LogP contribution in [-0.4, -0.2) is 23.1 Å². The average molecular weight is 251 g/mol. The van der Waals surface area contributed by atoms with Gasteiger partial charge in [0.25, 0.3) is 0 Å². The summed E-state index contributed by atoms with van der Waals surface area (Å²) in [5.74, 6) is 0.671. The number of carbonyl (C=O) groups is 1. The molecule has 0 atom stereocenters. The van der Waals surface area contributed by atoms with Crippen molar-refractivity contribution in [1.29, 1.82) is 0 Å². The highest BCUT2D eigenvalue weighted by Gasteiger charge is 2.12. The highest BCUT2D eigenvalue weighted by atomic mass is 35.5. The van der Waals surface area contributed by atoms with Crippen LogP contribution in [0.1, 0.15) is 17.3 Å². The highest BCUT2D eigenvalue weighted by molar-refractivity contribution is 6.31. The Morgan fingerprint density at radius 3 is 3.06 bits per heavy atom. The van der Waals surface area contributed by atoms with Crippen molar-refractivity contribution in [2.24, 2.45) is 0 Å². The lowest BCUT2D eigenvalue weighted by Crippen LogP contribution is -1.95. The third-order valence-electron chi connectivity index (χ3n) is 2.31. The van der Waals surface area contributed by atoms with Crippen LogP contribution in [0, 0.1) is 0 Å². The summed E-state index contributed by atoms with van der Waals surface area (Å²) in [6.07, 6.45) is 2.22. The smallest absolute Gasteiger partial charge is 0.153 e. The zero-order valence-electron chi connectivity index (χ0n) is 9.24. The van der Waals surface area contributed by atoms with Crippen molar-refractivity contribution >= 4 is 17.9 Å². The van der Waals surface area contributed by atoms with E-state index >= 15 is 0 Å². The number of nitrogens with one attached hydrogen (secondary N) is 1. The lowest BCUT2D eigenvalue weighted by molar-refractivity contribution is 0.112. The lowest BCUT2D eigenvalue weighted by Gasteiger charge is -2.09. The summed E-state index contributed by atoms with van der Waals surface area (Å²) in [6.45, 7) is 2.44. The Kier molecular flexibility index (Phi) is 3.44. The largest absolute Gasteiger partial charge is 0.493 e. The van der Waals surface area contributed by atoms with Crippen molar-refractivity contribution in [3.05, 3.63) is 35.0 Å². The molecule has 5 heteroatoms. The Hall–Kier alpha value is -1.81. The molecule has 0 saturated heterocycles. The molecule has 0 aliphatic heterocycles. The molecule has 1 heterocycles. The van der Waals surface area contributed by atoms with Gasteiger partial charge in [-0.2, -0.15) is 5.10 Å². The maximum absolute atomic E-state index is 10.9. The van der Waals surface area contributed by atoms with E-state index in [1.165, 1.54) is 6.20 Å². The Morgan fingerprint density at radius 2 is 2.35 bits per heavy atom. The van der Waals surface area contributed by atoms with Gasteiger partial charge < -0.3 is 4.74 Å². The van der Waals surface area contributed by atoms with Crippen LogP contribution in [0.2, 0.25) is 5.02 Å². The topological polar surface area (TPSA) is 55.0 Å². The summed E-state index contributed by atoms with van der Waals surface area (Å²) in [5, 5.41) is 7.20. The molecule has 1 N–H and O–H groups in total. The molecule has 88 valence electrons. The van der Waals surface area contributed by atoms with E-state index in [2.05, 4.69) is 10.2 Å². The number of aromatic amines is 1. The molecule has 0 aliphatic rings. The Labute approximate surface area is 104 Å². The molecule has 1 aromatic heterocycles. The molecular formula is C12H11ClN2O2. The van der Waals surface area contributed by atoms with Crippen LogP contribution < -0.4 is 4.74 Å². The minimum atomic E-state index is 0.480. The van der Waals surface area contributed by atoms with Gasteiger partial charge >= 0.3 is 0 Å². The fourth-order valence-electron chi connectivity index (χ4n) is 1.58. The molecule has 0 amide bonds. The molecular weight excluding hydrogens is 240 g/mol. The summed E-state index contributed by atoms with van der Waals surface area (Å²) < 4.78 is 5.49. The van der Waals surface area contributed by atoms with Crippen molar-refractivity contribution in [1.82, 2.24) is 10.2 Å². The summed E-state index contributed by atoms with van der Waals surface area (Å²) >= 11 is 5.95. The zero-order valence-corrected chi connectivity index (χ0v) is 9.99. The van der Waals surface area contributed by atoms with Crippen LogP contribution >= 0.6 is 11.6 Å². The Morgan fingerprint density at radius 1 is 1.53 bits per heavy atom. The van der Waals surface area contributed by atoms with Crippen LogP contribution in [0.15, 0.2) is 24.4 Å². The zero-order chi connectivity index (χ0) is 12.3. The molecule has 2 aromatic rings. The van der Waals surface area contributed by atoms with Crippen molar-refractivity contribution < 1.29 is 9.53 Å². The van der Waals surface area contributed by atoms with Crippen molar-refractivity contribution in [2.75, 3.05) is 6.61 Å². The first kappa shape index (κ1) is 11.7. The summed E-state index contributed by atoms with van der Waals surface area (Å²) in [6, 6.07) is 5.26. The first-order valence-electron chi connectivity index (χ1n) is 5.17. The first-order valence-corrected chi connectivity index (χ1v) is 5.55. The quantitative estimate of drug-likeness (QED) is 0.849. The third kappa shape index (κ3) is 2.31. The summed E-state index contributed by atoms with van der Waals surface area (Å²) in [5.41, 5.74) is 1.83. The van der Waals surface area contributed by atoms with Crippen molar-refractivity contribution in [2.45, 2.75) is 6.92 Å². The number of nitrogens with zero attached hydrogens (tertiary/aromatic N) is 1. The maximum atomic E-state index is 10.9. The number of hydrogen-bond donors (Lipinski definition) is 1. The molecule has 0 aliphatic carbocycles. The highest BCUT2D eigenvalue weighted by Crippen LogP contribution is 2.32. The number of rotatable bonds is 4. The normalized spacial score (nSPS) is 10.2. The van der Waals surface area contributed by atoms with Gasteiger partial charge in [0, 0.05) is 10.6 Å². The molecule has 0 fully saturated rings. The van der Waals surface area contributed by atoms with Gasteiger partial charge in [-0.1, -0.05) is 11.6 Å². The van der Waals surface area contributed by atoms with Crippen molar-refractivity contribution in [3.63, 3.8) is 0 Å². The van der Waals surface area contributed by atoms with Crippen LogP contribution in [0.5, 0.6) is 5.75 Å². The van der Waals surface area contributed by atoms with E-state index in [-0.39, 0.29) is 0 Å². The second-order valence-corrected chi connectivity index (χ2v) is 3.83. The van der Waals surface area contributed by atoms with Crippen LogP contribution in [0.25, 0.3) is 11.3 Å². The van der Waals surface area contributed by atoms with Crippen LogP contribution in [0.4, 0.5) is 0 Å². The van der Waals surface area contributed by atoms with E-state index in [4.69, 9.17) is 16.3 Å². The minimum absolute atomic E-state index is 0.480. The number of aromatic nitrogens is 2. The number of hydrogen-bond acceptors (Lipinski definition) is 3. The van der Waals surface area contributed by atoms with E-state index in [0.717, 1.165) is 11.8 Å². The predicted molar refractivity (Wildman–Crippen MR) is 65.6 cm³/mol. The molecule has 17 heavy (non-hydrogen) atoms. The number of aldehydes is 1. The first-order chi connectivity index (χ1) is 8.26. The maximum Gasteiger partial charge on any atom is 0.153 e. The summed E-state index contributed by atoms with van der Waals surface area (Å²) in [4.78, 5) is 10.9. The standard InChI is InChI=1S/C12H11ClN2O2/c1-2-17-11-4-3-9(13)5-10(11)12-8(7-16)6-14-15-12/h3-7H,2H2,1H3,(H,14,15). The molecule has 0 saturated carbocycles. The van der Waals surface area contributed by atoms with Gasteiger partial charge in [0.1, 0.15) is 5.75 Å². The number of benzene rings is 1. The second kappa shape index (κ2) is 5.01. The second-order valence-electron chi connectivity index (χ2n) is 3.39. The number of H-pyrrole nitrogens is 1. The van der Waals surface area contributed by atoms with Gasteiger partial charge in [0.05, 0.1) is 24.1 Å². The van der Waals surface area contributed by atoms with Gasteiger partial charge in [0.15, 0.2) is 6.29 Å². The molecule has 0 bridgehead atoms. The molecule has 0 radical (unpaired) electrons. The van der Waals surface area contributed by atoms with E-state index in [1.807, 2.05) is 6.92 Å². The SMILES string of the molecule is CCOc1ccc(Cl)cc1-c1[nH]ncc1C=O. The lowest BCUT2D eigenvalue weighted by atomic mass is 10.1. The third-order valence-corrected chi connectivity index (χ3v) is 2.54. The van der Waals surface area contributed by atoms with Gasteiger partial charge in [-0.25, -0.2) is 0 Å². The predicted octanol–water partition coefficient (Wildman–Crippen LogP) is 2.94. The molecule has 2 rings (SSSR count). The molecule has 0 spiro atoms. The minimum Gasteiger partial charge on any atom is -0.493 e. The van der Waals surface area contributed by atoms with E-state index in [0.29, 0.717) is 28.6 Å².